The minimum atomic E-state index is -0.916. The highest BCUT2D eigenvalue weighted by Crippen LogP contribution is 2.20. The molecule has 3 aromatic rings. The van der Waals surface area contributed by atoms with Crippen molar-refractivity contribution in [2.24, 2.45) is 0 Å². The van der Waals surface area contributed by atoms with Crippen LogP contribution in [0.1, 0.15) is 71.6 Å². The Bertz CT molecular complexity index is 1460. The Morgan fingerprint density at radius 1 is 0.827 bits per heavy atom. The van der Waals surface area contributed by atoms with E-state index in [1.807, 2.05) is 120 Å². The van der Waals surface area contributed by atoms with Gasteiger partial charge in [-0.2, -0.15) is 13.5 Å². The second-order valence-electron chi connectivity index (χ2n) is 13.0. The normalized spacial score (nSPS) is 12.0. The number of hydrogen-bond acceptors (Lipinski definition) is 6. The largest absolute Gasteiger partial charge is 0.488 e. The van der Waals surface area contributed by atoms with Gasteiger partial charge in [-0.05, 0) is 69.9 Å². The van der Waals surface area contributed by atoms with Crippen LogP contribution in [-0.2, 0) is 38.6 Å². The molecular formula is C41H60N4O6S. The number of benzene rings is 3. The molecule has 0 bridgehead atoms. The monoisotopic (exact) mass is 736 g/mol. The molecule has 4 amide bonds. The molecule has 3 N–H and O–H groups in total. The van der Waals surface area contributed by atoms with E-state index >= 15 is 0 Å². The summed E-state index contributed by atoms with van der Waals surface area (Å²) in [6, 6.07) is 24.9. The number of nitrogens with one attached hydrogen (secondary N) is 3. The lowest BCUT2D eigenvalue weighted by molar-refractivity contribution is -0.161. The van der Waals surface area contributed by atoms with E-state index in [-0.39, 0.29) is 57.7 Å². The minimum Gasteiger partial charge on any atom is -0.488 e. The molecule has 0 aromatic heterocycles. The first kappa shape index (κ1) is 45.7. The van der Waals surface area contributed by atoms with Crippen molar-refractivity contribution in [1.29, 1.82) is 0 Å². The first-order chi connectivity index (χ1) is 24.0. The number of ether oxygens (including phenoxy) is 3. The lowest BCUT2D eigenvalue weighted by atomic mass is 10.0. The Morgan fingerprint density at radius 2 is 1.40 bits per heavy atom. The van der Waals surface area contributed by atoms with Crippen LogP contribution < -0.4 is 20.7 Å². The highest BCUT2D eigenvalue weighted by atomic mass is 32.1. The summed E-state index contributed by atoms with van der Waals surface area (Å²) in [5.41, 5.74) is 2.36. The predicted molar refractivity (Wildman–Crippen MR) is 214 cm³/mol. The van der Waals surface area contributed by atoms with Crippen LogP contribution in [0.5, 0.6) is 5.75 Å². The van der Waals surface area contributed by atoms with Crippen LogP contribution in [0, 0.1) is 0 Å². The highest BCUT2D eigenvalue weighted by molar-refractivity contribution is 7.59. The second-order valence-corrected chi connectivity index (χ2v) is 13.0. The zero-order valence-corrected chi connectivity index (χ0v) is 31.7. The van der Waals surface area contributed by atoms with E-state index in [0.717, 1.165) is 16.7 Å². The number of carbonyl (C=O) groups is 3. The third kappa shape index (κ3) is 17.3. The van der Waals surface area contributed by atoms with Gasteiger partial charge in [0.2, 0.25) is 11.8 Å². The Labute approximate surface area is 318 Å². The molecule has 52 heavy (non-hydrogen) atoms. The van der Waals surface area contributed by atoms with Crippen molar-refractivity contribution in [3.63, 3.8) is 0 Å². The molecule has 0 heterocycles. The van der Waals surface area contributed by atoms with Gasteiger partial charge < -0.3 is 35.1 Å². The van der Waals surface area contributed by atoms with E-state index in [9.17, 15) is 14.4 Å². The number of carbonyl (C=O) groups excluding carboxylic acids is 3. The van der Waals surface area contributed by atoms with Gasteiger partial charge in [0, 0.05) is 45.2 Å². The van der Waals surface area contributed by atoms with E-state index in [1.165, 1.54) is 0 Å². The third-order valence-corrected chi connectivity index (χ3v) is 7.54. The van der Waals surface area contributed by atoms with E-state index in [4.69, 9.17) is 14.2 Å². The average Bonchev–Trinajstić information content (AvgIpc) is 3.08. The molecule has 0 fully saturated rings. The van der Waals surface area contributed by atoms with Crippen LogP contribution in [0.4, 0.5) is 4.79 Å². The van der Waals surface area contributed by atoms with Gasteiger partial charge in [-0.15, -0.1) is 6.58 Å². The first-order valence-electron chi connectivity index (χ1n) is 17.3. The molecule has 3 rings (SSSR count). The molecule has 11 heteroatoms. The number of amides is 4. The van der Waals surface area contributed by atoms with Gasteiger partial charge in [-0.3, -0.25) is 9.59 Å². The van der Waals surface area contributed by atoms with Crippen molar-refractivity contribution in [3.05, 3.63) is 114 Å². The molecule has 0 aliphatic rings. The number of rotatable bonds is 20. The molecule has 2 atom stereocenters. The van der Waals surface area contributed by atoms with E-state index < -0.39 is 24.4 Å². The smallest absolute Gasteiger partial charge is 0.315 e. The van der Waals surface area contributed by atoms with Gasteiger partial charge in [0.05, 0.1) is 6.54 Å². The molecule has 0 radical (unpaired) electrons. The van der Waals surface area contributed by atoms with Crippen molar-refractivity contribution in [3.8, 4) is 5.75 Å². The molecule has 0 unspecified atom stereocenters. The number of hydrogen-bond donors (Lipinski definition) is 3. The maximum absolute atomic E-state index is 14.5. The summed E-state index contributed by atoms with van der Waals surface area (Å²) in [4.78, 5) is 42.6. The predicted octanol–water partition coefficient (Wildman–Crippen LogP) is 6.90. The summed E-state index contributed by atoms with van der Waals surface area (Å²) in [6.45, 7) is 15.1. The lowest BCUT2D eigenvalue weighted by Gasteiger charge is -2.31. The van der Waals surface area contributed by atoms with E-state index in [0.29, 0.717) is 38.5 Å². The van der Waals surface area contributed by atoms with Crippen molar-refractivity contribution in [2.75, 3.05) is 19.8 Å². The Hall–Kier alpha value is -4.32. The summed E-state index contributed by atoms with van der Waals surface area (Å²) in [5, 5.41) is 8.71. The number of urea groups is 1. The molecule has 0 saturated heterocycles. The zero-order chi connectivity index (χ0) is 36.4. The van der Waals surface area contributed by atoms with Crippen molar-refractivity contribution >= 4 is 31.3 Å². The Morgan fingerprint density at radius 3 is 1.94 bits per heavy atom. The topological polar surface area (TPSA) is 118 Å². The average molecular weight is 737 g/mol. The molecule has 0 spiro atoms. The molecule has 0 saturated carbocycles. The SMILES string of the molecule is C.C=CC[C@H](CC(=O)N[C@@H](Cc1ccc(OC(C)(C)C)cc1)C(=O)N(Cc1ccccc1)CC(OCC)OCC)NC(=O)NCc1ccccc1.S. The zero-order valence-electron chi connectivity index (χ0n) is 30.7. The van der Waals surface area contributed by atoms with Gasteiger partial charge in [-0.25, -0.2) is 4.79 Å². The lowest BCUT2D eigenvalue weighted by Crippen LogP contribution is -2.52. The third-order valence-electron chi connectivity index (χ3n) is 7.54. The van der Waals surface area contributed by atoms with Gasteiger partial charge >= 0.3 is 6.03 Å². The maximum Gasteiger partial charge on any atom is 0.315 e. The Kier molecular flexibility index (Phi) is 21.1. The molecule has 10 nitrogen and oxygen atoms in total. The van der Waals surface area contributed by atoms with Crippen molar-refractivity contribution in [2.45, 2.75) is 98.4 Å². The molecule has 0 aliphatic carbocycles. The quantitative estimate of drug-likeness (QED) is 0.0859. The first-order valence-corrected chi connectivity index (χ1v) is 17.3. The minimum absolute atomic E-state index is 0. The van der Waals surface area contributed by atoms with Crippen LogP contribution in [0.25, 0.3) is 0 Å². The summed E-state index contributed by atoms with van der Waals surface area (Å²) < 4.78 is 17.6. The second kappa shape index (κ2) is 24.0. The van der Waals surface area contributed by atoms with Crippen LogP contribution >= 0.6 is 13.5 Å². The van der Waals surface area contributed by atoms with Crippen molar-refractivity contribution < 1.29 is 28.6 Å². The van der Waals surface area contributed by atoms with Gasteiger partial charge in [0.15, 0.2) is 6.29 Å². The Balaban J connectivity index is 0.00000676. The molecule has 3 aromatic carbocycles. The van der Waals surface area contributed by atoms with Crippen LogP contribution in [-0.4, -0.2) is 66.5 Å². The summed E-state index contributed by atoms with van der Waals surface area (Å²) >= 11 is 0. The van der Waals surface area contributed by atoms with Crippen LogP contribution in [0.15, 0.2) is 97.6 Å². The van der Waals surface area contributed by atoms with Crippen LogP contribution in [0.3, 0.4) is 0 Å². The van der Waals surface area contributed by atoms with Gasteiger partial charge in [0.1, 0.15) is 17.4 Å². The highest BCUT2D eigenvalue weighted by Gasteiger charge is 2.30. The fraction of sp³-hybridized carbons (Fsp3) is 0.439. The standard InChI is InChI=1S/C40H54N4O6.CH4.H2S/c1-7-16-33(42-39(47)41-27-31-17-12-10-13-18-31)26-36(45)43-35(25-30-21-23-34(24-22-30)50-40(4,5)6)38(46)44(28-32-19-14-11-15-20-32)29-37(48-8-2)49-9-3;;/h7,10-15,17-24,33,35,37H,1,8-9,16,25-29H2,2-6H3,(H,43,45)(H2,41,42,47);1H4;1H2/t33-,35+;;/m1../s1. The van der Waals surface area contributed by atoms with E-state index in [1.54, 1.807) is 11.0 Å². The van der Waals surface area contributed by atoms with Crippen LogP contribution in [0.2, 0.25) is 0 Å². The fourth-order valence-corrected chi connectivity index (χ4v) is 5.33. The number of nitrogens with zero attached hydrogens (tertiary/aromatic N) is 1. The van der Waals surface area contributed by atoms with Crippen molar-refractivity contribution in [1.82, 2.24) is 20.9 Å². The van der Waals surface area contributed by atoms with E-state index in [2.05, 4.69) is 22.5 Å². The summed E-state index contributed by atoms with van der Waals surface area (Å²) in [7, 11) is 0. The summed E-state index contributed by atoms with van der Waals surface area (Å²) in [5.74, 6) is 0.0477. The molecular weight excluding hydrogens is 677 g/mol. The molecule has 0 aliphatic heterocycles. The maximum atomic E-state index is 14.5. The summed E-state index contributed by atoms with van der Waals surface area (Å²) in [6.07, 6.45) is 1.56. The van der Waals surface area contributed by atoms with Gasteiger partial charge in [-0.1, -0.05) is 86.3 Å². The van der Waals surface area contributed by atoms with Gasteiger partial charge in [0.25, 0.3) is 0 Å². The fourth-order valence-electron chi connectivity index (χ4n) is 5.33. The molecule has 286 valence electrons.